The zero-order chi connectivity index (χ0) is 21.1. The van der Waals surface area contributed by atoms with Crippen molar-refractivity contribution in [3.63, 3.8) is 0 Å². The number of aromatic nitrogens is 2. The van der Waals surface area contributed by atoms with Crippen molar-refractivity contribution in [1.29, 1.82) is 0 Å². The van der Waals surface area contributed by atoms with Gasteiger partial charge in [-0.3, -0.25) is 4.79 Å². The average molecular weight is 479 g/mol. The normalized spacial score (nSPS) is 12.1. The van der Waals surface area contributed by atoms with Gasteiger partial charge in [0.15, 0.2) is 11.9 Å². The summed E-state index contributed by atoms with van der Waals surface area (Å²) >= 11 is 9.34. The molecule has 6 nitrogen and oxygen atoms in total. The molecule has 1 N–H and O–H groups in total. The largest absolute Gasteiger partial charge is 0.480 e. The van der Waals surface area contributed by atoms with E-state index >= 15 is 0 Å². The van der Waals surface area contributed by atoms with Gasteiger partial charge in [0.25, 0.3) is 11.8 Å². The summed E-state index contributed by atoms with van der Waals surface area (Å²) in [4.78, 5) is 17.2. The Morgan fingerprint density at radius 1 is 1.24 bits per heavy atom. The minimum absolute atomic E-state index is 0.140. The van der Waals surface area contributed by atoms with Gasteiger partial charge in [-0.15, -0.1) is 0 Å². The van der Waals surface area contributed by atoms with Gasteiger partial charge in [-0.05, 0) is 59.6 Å². The number of para-hydroxylation sites is 1. The summed E-state index contributed by atoms with van der Waals surface area (Å²) in [5.74, 6) is 1.35. The number of hydrogen-bond donors (Lipinski definition) is 1. The molecule has 1 heterocycles. The van der Waals surface area contributed by atoms with E-state index in [0.29, 0.717) is 38.2 Å². The van der Waals surface area contributed by atoms with Crippen LogP contribution in [0.4, 0.5) is 5.69 Å². The molecule has 0 aliphatic carbocycles. The fourth-order valence-corrected chi connectivity index (χ4v) is 3.41. The number of ether oxygens (including phenoxy) is 1. The summed E-state index contributed by atoms with van der Waals surface area (Å²) in [6.07, 6.45) is -0.742. The van der Waals surface area contributed by atoms with Gasteiger partial charge in [0.2, 0.25) is 0 Å². The van der Waals surface area contributed by atoms with Crippen molar-refractivity contribution >= 4 is 39.1 Å². The summed E-state index contributed by atoms with van der Waals surface area (Å²) < 4.78 is 11.9. The van der Waals surface area contributed by atoms with Gasteiger partial charge >= 0.3 is 0 Å². The van der Waals surface area contributed by atoms with Gasteiger partial charge in [-0.25, -0.2) is 0 Å². The van der Waals surface area contributed by atoms with Gasteiger partial charge in [0, 0.05) is 10.9 Å². The van der Waals surface area contributed by atoms with Gasteiger partial charge in [0.05, 0.1) is 15.7 Å². The summed E-state index contributed by atoms with van der Waals surface area (Å²) in [5, 5.41) is 7.52. The molecule has 152 valence electrons. The van der Waals surface area contributed by atoms with Crippen molar-refractivity contribution in [2.24, 2.45) is 0 Å². The molecule has 0 saturated carbocycles. The molecule has 0 bridgehead atoms. The molecular formula is C21H21BrClN3O3. The molecule has 29 heavy (non-hydrogen) atoms. The average Bonchev–Trinajstić information content (AvgIpc) is 3.15. The number of carbonyl (C=O) groups excluding carboxylic acids is 1. The predicted octanol–water partition coefficient (Wildman–Crippen LogP) is 5.99. The highest BCUT2D eigenvalue weighted by molar-refractivity contribution is 9.10. The molecule has 8 heteroatoms. The lowest BCUT2D eigenvalue weighted by Gasteiger charge is -2.18. The molecule has 0 fully saturated rings. The van der Waals surface area contributed by atoms with Gasteiger partial charge in [0.1, 0.15) is 5.75 Å². The quantitative estimate of drug-likeness (QED) is 0.471. The van der Waals surface area contributed by atoms with Crippen LogP contribution in [0.1, 0.15) is 38.1 Å². The van der Waals surface area contributed by atoms with E-state index < -0.39 is 6.10 Å². The second-order valence-electron chi connectivity index (χ2n) is 6.93. The van der Waals surface area contributed by atoms with Crippen molar-refractivity contribution in [1.82, 2.24) is 10.1 Å². The van der Waals surface area contributed by atoms with Crippen LogP contribution in [0, 0.1) is 6.92 Å². The molecule has 0 aliphatic heterocycles. The molecular weight excluding hydrogens is 458 g/mol. The van der Waals surface area contributed by atoms with E-state index in [1.165, 1.54) is 0 Å². The smallest absolute Gasteiger partial charge is 0.265 e. The second-order valence-corrected chi connectivity index (χ2v) is 8.22. The lowest BCUT2D eigenvalue weighted by Crippen LogP contribution is -2.30. The third-order valence-electron chi connectivity index (χ3n) is 4.28. The number of amides is 1. The Balaban J connectivity index is 1.82. The van der Waals surface area contributed by atoms with E-state index in [4.69, 9.17) is 20.9 Å². The lowest BCUT2D eigenvalue weighted by molar-refractivity contribution is -0.122. The lowest BCUT2D eigenvalue weighted by atomic mass is 10.1. The maximum absolute atomic E-state index is 12.8. The number of aryl methyl sites for hydroxylation is 1. The molecule has 2 aromatic carbocycles. The Labute approximate surface area is 182 Å². The number of anilines is 1. The van der Waals surface area contributed by atoms with E-state index in [2.05, 4.69) is 31.4 Å². The van der Waals surface area contributed by atoms with Gasteiger partial charge in [-0.1, -0.05) is 42.7 Å². The van der Waals surface area contributed by atoms with Crippen molar-refractivity contribution in [2.75, 3.05) is 5.32 Å². The maximum Gasteiger partial charge on any atom is 0.265 e. The summed E-state index contributed by atoms with van der Waals surface area (Å²) in [7, 11) is 0. The highest BCUT2D eigenvalue weighted by atomic mass is 79.9. The Morgan fingerprint density at radius 3 is 2.66 bits per heavy atom. The molecule has 1 aromatic heterocycles. The van der Waals surface area contributed by atoms with E-state index in [-0.39, 0.29) is 11.8 Å². The molecule has 3 aromatic rings. The number of rotatable bonds is 6. The number of nitrogens with zero attached hydrogens (tertiary/aromatic N) is 2. The summed E-state index contributed by atoms with van der Waals surface area (Å²) in [6.45, 7) is 7.56. The van der Waals surface area contributed by atoms with Crippen LogP contribution < -0.4 is 10.1 Å². The SMILES string of the molecule is Cc1cccc(-c2nc(C(C)C)no2)c1NC(=O)C(C)Oc1ccc(Cl)cc1Br. The minimum Gasteiger partial charge on any atom is -0.480 e. The number of halogens is 2. The zero-order valence-corrected chi connectivity index (χ0v) is 18.8. The monoisotopic (exact) mass is 477 g/mol. The Morgan fingerprint density at radius 2 is 2.00 bits per heavy atom. The number of carbonyl (C=O) groups is 1. The third kappa shape index (κ3) is 4.97. The van der Waals surface area contributed by atoms with E-state index in [0.717, 1.165) is 5.56 Å². The standard InChI is InChI=1S/C21H21BrClN3O3/c1-11(2)19-25-21(29-26-19)15-7-5-6-12(3)18(15)24-20(27)13(4)28-17-9-8-14(23)10-16(17)22/h5-11,13H,1-4H3,(H,24,27). The summed E-state index contributed by atoms with van der Waals surface area (Å²) in [6, 6.07) is 10.7. The van der Waals surface area contributed by atoms with Gasteiger partial charge in [-0.2, -0.15) is 4.98 Å². The van der Waals surface area contributed by atoms with Crippen LogP contribution in [-0.4, -0.2) is 22.2 Å². The Kier molecular flexibility index (Phi) is 6.59. The highest BCUT2D eigenvalue weighted by Crippen LogP contribution is 2.32. The van der Waals surface area contributed by atoms with E-state index in [1.807, 2.05) is 39.0 Å². The highest BCUT2D eigenvalue weighted by Gasteiger charge is 2.21. The topological polar surface area (TPSA) is 77.3 Å². The van der Waals surface area contributed by atoms with Crippen LogP contribution in [0.2, 0.25) is 5.02 Å². The fourth-order valence-electron chi connectivity index (χ4n) is 2.63. The van der Waals surface area contributed by atoms with Crippen LogP contribution >= 0.6 is 27.5 Å². The first kappa shape index (κ1) is 21.3. The molecule has 1 unspecified atom stereocenters. The molecule has 3 rings (SSSR count). The van der Waals surface area contributed by atoms with Crippen molar-refractivity contribution < 1.29 is 14.1 Å². The fraction of sp³-hybridized carbons (Fsp3) is 0.286. The van der Waals surface area contributed by atoms with E-state index in [9.17, 15) is 4.79 Å². The van der Waals surface area contributed by atoms with Crippen molar-refractivity contribution in [3.05, 3.63) is 57.3 Å². The van der Waals surface area contributed by atoms with Crippen molar-refractivity contribution in [3.8, 4) is 17.2 Å². The number of nitrogens with one attached hydrogen (secondary N) is 1. The summed E-state index contributed by atoms with van der Waals surface area (Å²) in [5.41, 5.74) is 2.15. The predicted molar refractivity (Wildman–Crippen MR) is 116 cm³/mol. The van der Waals surface area contributed by atoms with Crippen molar-refractivity contribution in [2.45, 2.75) is 39.7 Å². The number of hydrogen-bond acceptors (Lipinski definition) is 5. The molecule has 0 aliphatic rings. The maximum atomic E-state index is 12.8. The van der Waals surface area contributed by atoms with Crippen LogP contribution in [0.3, 0.4) is 0 Å². The first-order valence-corrected chi connectivity index (χ1v) is 10.3. The first-order chi connectivity index (χ1) is 13.8. The van der Waals surface area contributed by atoms with Crippen LogP contribution in [-0.2, 0) is 4.79 Å². The Bertz CT molecular complexity index is 1040. The molecule has 0 radical (unpaired) electrons. The third-order valence-corrected chi connectivity index (χ3v) is 5.13. The first-order valence-electron chi connectivity index (χ1n) is 9.12. The number of benzene rings is 2. The molecule has 1 atom stereocenters. The Hall–Kier alpha value is -2.38. The van der Waals surface area contributed by atoms with Crippen LogP contribution in [0.25, 0.3) is 11.5 Å². The molecule has 1 amide bonds. The minimum atomic E-state index is -0.742. The van der Waals surface area contributed by atoms with E-state index in [1.54, 1.807) is 25.1 Å². The molecule has 0 saturated heterocycles. The second kappa shape index (κ2) is 8.97. The van der Waals surface area contributed by atoms with Crippen LogP contribution in [0.15, 0.2) is 45.4 Å². The molecule has 0 spiro atoms. The van der Waals surface area contributed by atoms with Crippen LogP contribution in [0.5, 0.6) is 5.75 Å². The van der Waals surface area contributed by atoms with Gasteiger partial charge < -0.3 is 14.6 Å². The zero-order valence-electron chi connectivity index (χ0n) is 16.5.